The molecule has 0 aliphatic heterocycles. The topological polar surface area (TPSA) is 63.6 Å². The molecule has 0 bridgehead atoms. The van der Waals surface area contributed by atoms with Crippen LogP contribution >= 0.6 is 0 Å². The molecule has 82 valence electrons. The summed E-state index contributed by atoms with van der Waals surface area (Å²) < 4.78 is 5.00. The van der Waals surface area contributed by atoms with Crippen LogP contribution in [0, 0.1) is 0 Å². The fraction of sp³-hybridized carbons (Fsp3) is 0.800. The Balaban J connectivity index is 3.55. The zero-order valence-corrected chi connectivity index (χ0v) is 8.78. The van der Waals surface area contributed by atoms with Gasteiger partial charge in [-0.3, -0.25) is 9.59 Å². The van der Waals surface area contributed by atoms with Crippen LogP contribution < -0.4 is 0 Å². The quantitative estimate of drug-likeness (QED) is 0.641. The predicted molar refractivity (Wildman–Crippen MR) is 51.9 cm³/mol. The summed E-state index contributed by atoms with van der Waals surface area (Å²) in [6.45, 7) is 3.90. The number of rotatable bonds is 7. The number of carbonyl (C=O) groups is 2. The van der Waals surface area contributed by atoms with Gasteiger partial charge in [0, 0.05) is 0 Å². The normalized spacial score (nSPS) is 12.1. The van der Waals surface area contributed by atoms with Gasteiger partial charge in [0.05, 0.1) is 18.9 Å². The van der Waals surface area contributed by atoms with E-state index in [1.165, 1.54) is 0 Å². The van der Waals surface area contributed by atoms with E-state index in [1.54, 1.807) is 0 Å². The second kappa shape index (κ2) is 7.35. The van der Waals surface area contributed by atoms with Crippen molar-refractivity contribution >= 4 is 11.9 Å². The van der Waals surface area contributed by atoms with Gasteiger partial charge >= 0.3 is 11.9 Å². The maximum absolute atomic E-state index is 11.0. The van der Waals surface area contributed by atoms with Gasteiger partial charge in [-0.15, -0.1) is 0 Å². The number of carboxylic acids is 1. The van der Waals surface area contributed by atoms with E-state index in [4.69, 9.17) is 9.84 Å². The van der Waals surface area contributed by atoms with E-state index < -0.39 is 11.9 Å². The third-order valence-corrected chi connectivity index (χ3v) is 1.84. The van der Waals surface area contributed by atoms with Crippen molar-refractivity contribution in [3.05, 3.63) is 0 Å². The van der Waals surface area contributed by atoms with Crippen LogP contribution in [-0.4, -0.2) is 23.1 Å². The molecule has 4 heteroatoms. The molecule has 14 heavy (non-hydrogen) atoms. The lowest BCUT2D eigenvalue weighted by atomic mass is 10.2. The van der Waals surface area contributed by atoms with Gasteiger partial charge in [0.25, 0.3) is 0 Å². The van der Waals surface area contributed by atoms with Crippen molar-refractivity contribution in [1.29, 1.82) is 0 Å². The molecular formula is C10H18O4. The van der Waals surface area contributed by atoms with Crippen LogP contribution in [0.4, 0.5) is 0 Å². The van der Waals surface area contributed by atoms with Crippen LogP contribution in [0.2, 0.25) is 0 Å². The molecule has 0 saturated carbocycles. The molecule has 0 radical (unpaired) electrons. The SMILES string of the molecule is CCCC[C@@H](C)OC(=O)CCC(=O)O. The fourth-order valence-electron chi connectivity index (χ4n) is 1.04. The Morgan fingerprint density at radius 1 is 1.36 bits per heavy atom. The Kier molecular flexibility index (Phi) is 6.80. The average molecular weight is 202 g/mol. The minimum atomic E-state index is -0.969. The van der Waals surface area contributed by atoms with Gasteiger partial charge in [0.1, 0.15) is 0 Å². The lowest BCUT2D eigenvalue weighted by molar-refractivity contribution is -0.151. The smallest absolute Gasteiger partial charge is 0.306 e. The van der Waals surface area contributed by atoms with Gasteiger partial charge in [0.15, 0.2) is 0 Å². The molecule has 4 nitrogen and oxygen atoms in total. The number of hydrogen-bond acceptors (Lipinski definition) is 3. The summed E-state index contributed by atoms with van der Waals surface area (Å²) in [4.78, 5) is 21.2. The number of carboxylic acid groups (broad SMARTS) is 1. The number of aliphatic carboxylic acids is 1. The third-order valence-electron chi connectivity index (χ3n) is 1.84. The fourth-order valence-corrected chi connectivity index (χ4v) is 1.04. The first-order valence-electron chi connectivity index (χ1n) is 4.97. The van der Waals surface area contributed by atoms with Crippen LogP contribution in [0.25, 0.3) is 0 Å². The first-order valence-corrected chi connectivity index (χ1v) is 4.97. The van der Waals surface area contributed by atoms with E-state index in [2.05, 4.69) is 6.92 Å². The van der Waals surface area contributed by atoms with Gasteiger partial charge in [-0.1, -0.05) is 19.8 Å². The van der Waals surface area contributed by atoms with Crippen molar-refractivity contribution in [2.45, 2.75) is 52.1 Å². The summed E-state index contributed by atoms with van der Waals surface area (Å²) in [7, 11) is 0. The van der Waals surface area contributed by atoms with E-state index in [0.29, 0.717) is 0 Å². The van der Waals surface area contributed by atoms with Gasteiger partial charge in [-0.2, -0.15) is 0 Å². The molecule has 0 aromatic carbocycles. The largest absolute Gasteiger partial charge is 0.481 e. The van der Waals surface area contributed by atoms with Crippen molar-refractivity contribution in [3.8, 4) is 0 Å². The van der Waals surface area contributed by atoms with Crippen LogP contribution in [0.3, 0.4) is 0 Å². The number of hydrogen-bond donors (Lipinski definition) is 1. The van der Waals surface area contributed by atoms with Crippen molar-refractivity contribution in [1.82, 2.24) is 0 Å². The minimum Gasteiger partial charge on any atom is -0.481 e. The van der Waals surface area contributed by atoms with Gasteiger partial charge in [-0.05, 0) is 13.3 Å². The summed E-state index contributed by atoms with van der Waals surface area (Å²) in [5.41, 5.74) is 0. The Morgan fingerprint density at radius 2 is 2.00 bits per heavy atom. The monoisotopic (exact) mass is 202 g/mol. The van der Waals surface area contributed by atoms with Crippen LogP contribution in [0.1, 0.15) is 46.0 Å². The molecular weight excluding hydrogens is 184 g/mol. The molecule has 1 N–H and O–H groups in total. The van der Waals surface area contributed by atoms with Crippen LogP contribution in [0.5, 0.6) is 0 Å². The zero-order chi connectivity index (χ0) is 11.0. The van der Waals surface area contributed by atoms with E-state index in [-0.39, 0.29) is 18.9 Å². The molecule has 0 aromatic heterocycles. The molecule has 1 atom stereocenters. The van der Waals surface area contributed by atoms with Crippen molar-refractivity contribution in [3.63, 3.8) is 0 Å². The number of unbranched alkanes of at least 4 members (excludes halogenated alkanes) is 1. The van der Waals surface area contributed by atoms with E-state index >= 15 is 0 Å². The zero-order valence-electron chi connectivity index (χ0n) is 8.78. The van der Waals surface area contributed by atoms with E-state index in [1.807, 2.05) is 6.92 Å². The molecule has 0 saturated heterocycles. The highest BCUT2D eigenvalue weighted by atomic mass is 16.5. The summed E-state index contributed by atoms with van der Waals surface area (Å²) >= 11 is 0. The maximum atomic E-state index is 11.0. The molecule has 0 aliphatic rings. The van der Waals surface area contributed by atoms with Crippen molar-refractivity contribution in [2.24, 2.45) is 0 Å². The first kappa shape index (κ1) is 12.9. The highest BCUT2D eigenvalue weighted by molar-refractivity contribution is 5.76. The Hall–Kier alpha value is -1.06. The second-order valence-electron chi connectivity index (χ2n) is 3.34. The highest BCUT2D eigenvalue weighted by Gasteiger charge is 2.10. The molecule has 0 amide bonds. The van der Waals surface area contributed by atoms with Crippen molar-refractivity contribution < 1.29 is 19.4 Å². The van der Waals surface area contributed by atoms with Gasteiger partial charge < -0.3 is 9.84 Å². The Bertz CT molecular complexity index is 189. The molecule has 0 aromatic rings. The minimum absolute atomic E-state index is 0.0359. The predicted octanol–water partition coefficient (Wildman–Crippen LogP) is 1.97. The summed E-state index contributed by atoms with van der Waals surface area (Å²) in [6, 6.07) is 0. The molecule has 0 spiro atoms. The molecule has 0 unspecified atom stereocenters. The van der Waals surface area contributed by atoms with Crippen molar-refractivity contribution in [2.75, 3.05) is 0 Å². The van der Waals surface area contributed by atoms with E-state index in [9.17, 15) is 9.59 Å². The summed E-state index contributed by atoms with van der Waals surface area (Å²) in [5.74, 6) is -1.39. The highest BCUT2D eigenvalue weighted by Crippen LogP contribution is 2.05. The molecule has 0 aliphatic carbocycles. The second-order valence-corrected chi connectivity index (χ2v) is 3.34. The number of carbonyl (C=O) groups excluding carboxylic acids is 1. The number of esters is 1. The lowest BCUT2D eigenvalue weighted by Gasteiger charge is -2.11. The Labute approximate surface area is 84.3 Å². The van der Waals surface area contributed by atoms with Gasteiger partial charge in [0.2, 0.25) is 0 Å². The Morgan fingerprint density at radius 3 is 2.50 bits per heavy atom. The van der Waals surface area contributed by atoms with E-state index in [0.717, 1.165) is 19.3 Å². The van der Waals surface area contributed by atoms with Crippen LogP contribution in [0.15, 0.2) is 0 Å². The summed E-state index contributed by atoms with van der Waals surface area (Å²) in [5, 5.41) is 8.33. The molecule has 0 rings (SSSR count). The maximum Gasteiger partial charge on any atom is 0.306 e. The third kappa shape index (κ3) is 7.58. The van der Waals surface area contributed by atoms with Gasteiger partial charge in [-0.25, -0.2) is 0 Å². The summed E-state index contributed by atoms with van der Waals surface area (Å²) in [6.07, 6.45) is 2.64. The van der Waals surface area contributed by atoms with Crippen LogP contribution in [-0.2, 0) is 14.3 Å². The molecule has 0 heterocycles. The first-order chi connectivity index (χ1) is 6.56. The standard InChI is InChI=1S/C10H18O4/c1-3-4-5-8(2)14-10(13)7-6-9(11)12/h8H,3-7H2,1-2H3,(H,11,12)/t8-/m1/s1. The average Bonchev–Trinajstić information content (AvgIpc) is 2.11. The number of ether oxygens (including phenoxy) is 1. The lowest BCUT2D eigenvalue weighted by Crippen LogP contribution is -2.15. The molecule has 0 fully saturated rings.